The van der Waals surface area contributed by atoms with Crippen LogP contribution < -0.4 is 0 Å². The van der Waals surface area contributed by atoms with Crippen molar-refractivity contribution >= 4 is 27.5 Å². The van der Waals surface area contributed by atoms with E-state index in [-0.39, 0.29) is 11.0 Å². The first-order valence-electron chi connectivity index (χ1n) is 3.74. The van der Waals surface area contributed by atoms with Gasteiger partial charge in [-0.05, 0) is 45.7 Å². The number of halogens is 3. The lowest BCUT2D eigenvalue weighted by molar-refractivity contribution is 0.424. The van der Waals surface area contributed by atoms with E-state index < -0.39 is 0 Å². The highest BCUT2D eigenvalue weighted by Gasteiger charge is 2.07. The number of rotatable bonds is 1. The Balaban J connectivity index is 2.47. The van der Waals surface area contributed by atoms with Gasteiger partial charge in [-0.3, -0.25) is 0 Å². The first kappa shape index (κ1) is 9.68. The second-order valence-electron chi connectivity index (χ2n) is 2.65. The topological polar surface area (TPSA) is 26.0 Å². The lowest BCUT2D eigenvalue weighted by atomic mass is 10.1. The molecule has 0 aliphatic rings. The summed E-state index contributed by atoms with van der Waals surface area (Å²) >= 11 is 8.65. The molecule has 0 spiro atoms. The van der Waals surface area contributed by atoms with E-state index in [1.807, 2.05) is 0 Å². The molecule has 0 fully saturated rings. The van der Waals surface area contributed by atoms with E-state index in [1.165, 1.54) is 6.07 Å². The summed E-state index contributed by atoms with van der Waals surface area (Å²) in [6, 6.07) is 6.14. The van der Waals surface area contributed by atoms with Gasteiger partial charge in [-0.15, -0.1) is 0 Å². The van der Waals surface area contributed by atoms with Gasteiger partial charge in [0.05, 0.1) is 4.47 Å². The number of hydrogen-bond acceptors (Lipinski definition) is 2. The average Bonchev–Trinajstić information content (AvgIpc) is 2.57. The molecule has 0 saturated carbocycles. The molecule has 5 heteroatoms. The van der Waals surface area contributed by atoms with Gasteiger partial charge in [-0.25, -0.2) is 4.39 Å². The van der Waals surface area contributed by atoms with Gasteiger partial charge < -0.3 is 4.52 Å². The van der Waals surface area contributed by atoms with Crippen molar-refractivity contribution < 1.29 is 8.91 Å². The predicted octanol–water partition coefficient (Wildman–Crippen LogP) is 3.90. The van der Waals surface area contributed by atoms with Crippen LogP contribution in [-0.4, -0.2) is 5.16 Å². The molecule has 2 rings (SSSR count). The fraction of sp³-hybridized carbons (Fsp3) is 0. The van der Waals surface area contributed by atoms with Crippen molar-refractivity contribution in [3.63, 3.8) is 0 Å². The molecule has 1 aromatic carbocycles. The average molecular weight is 276 g/mol. The van der Waals surface area contributed by atoms with Gasteiger partial charge in [0.25, 0.3) is 0 Å². The van der Waals surface area contributed by atoms with E-state index >= 15 is 0 Å². The summed E-state index contributed by atoms with van der Waals surface area (Å²) in [5.74, 6) is -0.316. The third-order valence-electron chi connectivity index (χ3n) is 1.70. The van der Waals surface area contributed by atoms with E-state index in [2.05, 4.69) is 21.1 Å². The maximum atomic E-state index is 12.9. The molecular formula is C9H4BrClFNO. The molecule has 0 bridgehead atoms. The molecule has 2 nitrogen and oxygen atoms in total. The summed E-state index contributed by atoms with van der Waals surface area (Å²) in [5, 5.41) is 3.92. The van der Waals surface area contributed by atoms with Crippen LogP contribution >= 0.6 is 27.5 Å². The smallest absolute Gasteiger partial charge is 0.226 e. The van der Waals surface area contributed by atoms with Crippen LogP contribution in [0.25, 0.3) is 11.3 Å². The van der Waals surface area contributed by atoms with Crippen LogP contribution in [0.4, 0.5) is 4.39 Å². The van der Waals surface area contributed by atoms with Gasteiger partial charge in [0, 0.05) is 11.6 Å². The molecule has 14 heavy (non-hydrogen) atoms. The molecule has 2 aromatic rings. The SMILES string of the molecule is Fc1ccc(-c2cc(Cl)on2)cc1Br. The van der Waals surface area contributed by atoms with Crippen molar-refractivity contribution in [1.29, 1.82) is 0 Å². The number of hydrogen-bond donors (Lipinski definition) is 0. The Bertz CT molecular complexity index is 472. The minimum atomic E-state index is -0.316. The summed E-state index contributed by atoms with van der Waals surface area (Å²) in [6.07, 6.45) is 0. The number of nitrogens with zero attached hydrogens (tertiary/aromatic N) is 1. The highest BCUT2D eigenvalue weighted by molar-refractivity contribution is 9.10. The van der Waals surface area contributed by atoms with Gasteiger partial charge in [-0.1, -0.05) is 5.16 Å². The minimum Gasteiger partial charge on any atom is -0.344 e. The maximum Gasteiger partial charge on any atom is 0.226 e. The fourth-order valence-corrected chi connectivity index (χ4v) is 1.56. The van der Waals surface area contributed by atoms with Gasteiger partial charge >= 0.3 is 0 Å². The zero-order valence-electron chi connectivity index (χ0n) is 6.80. The van der Waals surface area contributed by atoms with Gasteiger partial charge in [0.2, 0.25) is 5.22 Å². The lowest BCUT2D eigenvalue weighted by Crippen LogP contribution is -1.80. The van der Waals surface area contributed by atoms with Gasteiger partial charge in [0.15, 0.2) is 0 Å². The largest absolute Gasteiger partial charge is 0.344 e. The van der Waals surface area contributed by atoms with E-state index in [0.29, 0.717) is 10.2 Å². The van der Waals surface area contributed by atoms with E-state index in [0.717, 1.165) is 5.56 Å². The molecule has 0 amide bonds. The molecule has 72 valence electrons. The lowest BCUT2D eigenvalue weighted by Gasteiger charge is -1.97. The number of aromatic nitrogens is 1. The fourth-order valence-electron chi connectivity index (χ4n) is 1.04. The zero-order chi connectivity index (χ0) is 10.1. The van der Waals surface area contributed by atoms with Gasteiger partial charge in [0.1, 0.15) is 11.5 Å². The van der Waals surface area contributed by atoms with E-state index in [1.54, 1.807) is 18.2 Å². The molecule has 0 aliphatic carbocycles. The summed E-state index contributed by atoms with van der Waals surface area (Å²) in [7, 11) is 0. The molecular weight excluding hydrogens is 272 g/mol. The Morgan fingerprint density at radius 2 is 2.14 bits per heavy atom. The molecule has 0 saturated heterocycles. The second kappa shape index (κ2) is 3.71. The van der Waals surface area contributed by atoms with Crippen molar-refractivity contribution in [2.45, 2.75) is 0 Å². The normalized spacial score (nSPS) is 10.5. The molecule has 0 atom stereocenters. The summed E-state index contributed by atoms with van der Waals surface area (Å²) in [5.41, 5.74) is 1.32. The zero-order valence-corrected chi connectivity index (χ0v) is 9.14. The van der Waals surface area contributed by atoms with E-state index in [9.17, 15) is 4.39 Å². The Kier molecular flexibility index (Phi) is 2.56. The van der Waals surface area contributed by atoms with Crippen molar-refractivity contribution in [3.8, 4) is 11.3 Å². The van der Waals surface area contributed by atoms with Crippen LogP contribution in [0.3, 0.4) is 0 Å². The summed E-state index contributed by atoms with van der Waals surface area (Å²) < 4.78 is 18.0. The summed E-state index contributed by atoms with van der Waals surface area (Å²) in [4.78, 5) is 0. The van der Waals surface area contributed by atoms with E-state index in [4.69, 9.17) is 16.1 Å². The third kappa shape index (κ3) is 1.81. The predicted molar refractivity (Wildman–Crippen MR) is 54.6 cm³/mol. The van der Waals surface area contributed by atoms with Crippen LogP contribution in [0.5, 0.6) is 0 Å². The Morgan fingerprint density at radius 1 is 1.36 bits per heavy atom. The van der Waals surface area contributed by atoms with Crippen molar-refractivity contribution in [1.82, 2.24) is 5.16 Å². The molecule has 0 aliphatic heterocycles. The molecule has 0 unspecified atom stereocenters. The van der Waals surface area contributed by atoms with Crippen molar-refractivity contribution in [2.24, 2.45) is 0 Å². The molecule has 1 aromatic heterocycles. The maximum absolute atomic E-state index is 12.9. The monoisotopic (exact) mass is 275 g/mol. The Morgan fingerprint density at radius 3 is 2.71 bits per heavy atom. The Labute approximate surface area is 92.8 Å². The number of benzene rings is 1. The Hall–Kier alpha value is -0.870. The first-order chi connectivity index (χ1) is 6.66. The highest BCUT2D eigenvalue weighted by Crippen LogP contribution is 2.25. The van der Waals surface area contributed by atoms with Gasteiger partial charge in [-0.2, -0.15) is 0 Å². The van der Waals surface area contributed by atoms with Crippen LogP contribution in [0.2, 0.25) is 5.22 Å². The highest BCUT2D eigenvalue weighted by atomic mass is 79.9. The quantitative estimate of drug-likeness (QED) is 0.789. The second-order valence-corrected chi connectivity index (χ2v) is 3.87. The molecule has 0 radical (unpaired) electrons. The minimum absolute atomic E-state index is 0.209. The first-order valence-corrected chi connectivity index (χ1v) is 4.91. The van der Waals surface area contributed by atoms with Crippen LogP contribution in [0, 0.1) is 5.82 Å². The third-order valence-corrected chi connectivity index (χ3v) is 2.48. The van der Waals surface area contributed by atoms with Crippen LogP contribution in [0.15, 0.2) is 33.3 Å². The molecule has 1 heterocycles. The van der Waals surface area contributed by atoms with Crippen LogP contribution in [0.1, 0.15) is 0 Å². The van der Waals surface area contributed by atoms with Crippen molar-refractivity contribution in [3.05, 3.63) is 39.8 Å². The standard InChI is InChI=1S/C9H4BrClFNO/c10-6-3-5(1-2-7(6)12)8-4-9(11)14-13-8/h1-4H. The van der Waals surface area contributed by atoms with Crippen molar-refractivity contribution in [2.75, 3.05) is 0 Å². The summed E-state index contributed by atoms with van der Waals surface area (Å²) in [6.45, 7) is 0. The molecule has 0 N–H and O–H groups in total. The van der Waals surface area contributed by atoms with Crippen LogP contribution in [-0.2, 0) is 0 Å².